The number of methoxy groups -OCH3 is 1. The van der Waals surface area contributed by atoms with E-state index in [1.165, 1.54) is 6.07 Å². The van der Waals surface area contributed by atoms with Gasteiger partial charge in [0.25, 0.3) is 0 Å². The first kappa shape index (κ1) is 13.1. The highest BCUT2D eigenvalue weighted by Crippen LogP contribution is 2.41. The van der Waals surface area contributed by atoms with Crippen LogP contribution in [0.2, 0.25) is 0 Å². The Morgan fingerprint density at radius 3 is 2.95 bits per heavy atom. The first-order valence-electron chi connectivity index (χ1n) is 6.47. The van der Waals surface area contributed by atoms with Crippen LogP contribution in [0.25, 0.3) is 0 Å². The lowest BCUT2D eigenvalue weighted by atomic mass is 9.93. The number of nitriles is 1. The van der Waals surface area contributed by atoms with Crippen LogP contribution in [0.4, 0.5) is 5.69 Å². The number of nitrogens with zero attached hydrogens (tertiary/aromatic N) is 1. The predicted octanol–water partition coefficient (Wildman–Crippen LogP) is 2.62. The van der Waals surface area contributed by atoms with Crippen LogP contribution in [0.3, 0.4) is 0 Å². The zero-order valence-corrected chi connectivity index (χ0v) is 11.5. The van der Waals surface area contributed by atoms with E-state index in [0.29, 0.717) is 17.1 Å². The Kier molecular flexibility index (Phi) is 3.07. The first-order valence-corrected chi connectivity index (χ1v) is 6.47. The van der Waals surface area contributed by atoms with Gasteiger partial charge >= 0.3 is 0 Å². The largest absolute Gasteiger partial charge is 0.508 e. The molecule has 0 aromatic heterocycles. The summed E-state index contributed by atoms with van der Waals surface area (Å²) in [5.41, 5.74) is 0.501. The Hall–Kier alpha value is -2.87. The van der Waals surface area contributed by atoms with E-state index in [2.05, 4.69) is 11.4 Å². The van der Waals surface area contributed by atoms with Gasteiger partial charge in [-0.1, -0.05) is 6.07 Å². The van der Waals surface area contributed by atoms with Crippen molar-refractivity contribution in [2.24, 2.45) is 0 Å². The molecule has 1 unspecified atom stereocenters. The molecule has 0 aliphatic carbocycles. The molecular formula is C16H14N2O3. The Bertz CT molecular complexity index is 724. The third-order valence-electron chi connectivity index (χ3n) is 3.49. The maximum absolute atomic E-state index is 9.63. The normalized spacial score (nSPS) is 19.2. The molecular weight excluding hydrogens is 268 g/mol. The zero-order chi connectivity index (χ0) is 14.9. The van der Waals surface area contributed by atoms with Gasteiger partial charge in [0.1, 0.15) is 23.9 Å². The van der Waals surface area contributed by atoms with Crippen molar-refractivity contribution in [3.63, 3.8) is 0 Å². The maximum Gasteiger partial charge on any atom is 0.188 e. The third-order valence-corrected chi connectivity index (χ3v) is 3.49. The van der Waals surface area contributed by atoms with Gasteiger partial charge in [-0.15, -0.1) is 0 Å². The van der Waals surface area contributed by atoms with E-state index in [1.807, 2.05) is 24.3 Å². The topological polar surface area (TPSA) is 74.5 Å². The molecule has 21 heavy (non-hydrogen) atoms. The molecule has 2 aromatic rings. The highest BCUT2D eigenvalue weighted by atomic mass is 16.5. The summed E-state index contributed by atoms with van der Waals surface area (Å²) < 4.78 is 10.7. The van der Waals surface area contributed by atoms with E-state index < -0.39 is 5.54 Å². The van der Waals surface area contributed by atoms with Crippen molar-refractivity contribution >= 4 is 5.69 Å². The van der Waals surface area contributed by atoms with Gasteiger partial charge in [0, 0.05) is 23.4 Å². The molecule has 0 bridgehead atoms. The van der Waals surface area contributed by atoms with Crippen LogP contribution < -0.4 is 14.8 Å². The summed E-state index contributed by atoms with van der Waals surface area (Å²) in [5.74, 6) is 1.34. The smallest absolute Gasteiger partial charge is 0.188 e. The number of hydrogen-bond donors (Lipinski definition) is 2. The molecule has 5 heteroatoms. The molecule has 0 amide bonds. The fraction of sp³-hybridized carbons (Fsp3) is 0.188. The highest BCUT2D eigenvalue weighted by Gasteiger charge is 2.41. The number of nitrogens with one attached hydrogen (secondary N) is 1. The minimum atomic E-state index is -0.977. The van der Waals surface area contributed by atoms with E-state index in [0.717, 1.165) is 5.69 Å². The van der Waals surface area contributed by atoms with Crippen molar-refractivity contribution in [2.45, 2.75) is 5.54 Å². The van der Waals surface area contributed by atoms with E-state index >= 15 is 0 Å². The monoisotopic (exact) mass is 282 g/mol. The molecule has 0 radical (unpaired) electrons. The molecule has 1 aliphatic rings. The summed E-state index contributed by atoms with van der Waals surface area (Å²) in [6, 6.07) is 14.4. The predicted molar refractivity (Wildman–Crippen MR) is 77.5 cm³/mol. The average Bonchev–Trinajstić information content (AvgIpc) is 2.86. The van der Waals surface area contributed by atoms with Gasteiger partial charge in [0.15, 0.2) is 5.54 Å². The Balaban J connectivity index is 1.98. The number of rotatable bonds is 3. The van der Waals surface area contributed by atoms with Gasteiger partial charge in [-0.25, -0.2) is 0 Å². The highest BCUT2D eigenvalue weighted by molar-refractivity contribution is 5.59. The molecule has 5 nitrogen and oxygen atoms in total. The number of hydrogen-bond acceptors (Lipinski definition) is 5. The Morgan fingerprint density at radius 1 is 1.33 bits per heavy atom. The van der Waals surface area contributed by atoms with Gasteiger partial charge in [-0.05, 0) is 24.3 Å². The van der Waals surface area contributed by atoms with Crippen LogP contribution in [0.15, 0.2) is 42.5 Å². The summed E-state index contributed by atoms with van der Waals surface area (Å²) in [6.45, 7) is 0.180. The molecule has 0 saturated heterocycles. The van der Waals surface area contributed by atoms with Gasteiger partial charge in [-0.3, -0.25) is 0 Å². The van der Waals surface area contributed by atoms with Crippen LogP contribution in [0, 0.1) is 11.3 Å². The second-order valence-electron chi connectivity index (χ2n) is 4.84. The molecule has 2 aromatic carbocycles. The fourth-order valence-electron chi connectivity index (χ4n) is 2.42. The molecule has 3 rings (SSSR count). The zero-order valence-electron chi connectivity index (χ0n) is 11.5. The number of ether oxygens (including phenoxy) is 2. The molecule has 0 fully saturated rings. The lowest BCUT2D eigenvalue weighted by molar-refractivity contribution is 0.313. The number of benzene rings is 2. The van der Waals surface area contributed by atoms with Crippen LogP contribution in [-0.4, -0.2) is 18.8 Å². The first-order chi connectivity index (χ1) is 10.2. The molecule has 1 aliphatic heterocycles. The number of aromatic hydroxyl groups is 1. The van der Waals surface area contributed by atoms with Crippen LogP contribution in [-0.2, 0) is 5.54 Å². The SMILES string of the molecule is COc1cccc(NC2(C#N)COc3cc(O)ccc32)c1. The summed E-state index contributed by atoms with van der Waals surface area (Å²) in [6.07, 6.45) is 0. The van der Waals surface area contributed by atoms with Crippen molar-refractivity contribution in [1.82, 2.24) is 0 Å². The Morgan fingerprint density at radius 2 is 2.19 bits per heavy atom. The average molecular weight is 282 g/mol. The van der Waals surface area contributed by atoms with E-state index in [-0.39, 0.29) is 12.4 Å². The molecule has 0 spiro atoms. The standard InChI is InChI=1S/C16H14N2O3/c1-20-13-4-2-3-11(7-13)18-16(9-17)10-21-15-8-12(19)5-6-14(15)16/h2-8,18-19H,10H2,1H3. The van der Waals surface area contributed by atoms with E-state index in [1.54, 1.807) is 19.2 Å². The second-order valence-corrected chi connectivity index (χ2v) is 4.84. The van der Waals surface area contributed by atoms with Gasteiger partial charge in [0.2, 0.25) is 0 Å². The van der Waals surface area contributed by atoms with Crippen molar-refractivity contribution in [2.75, 3.05) is 19.0 Å². The van der Waals surface area contributed by atoms with Crippen LogP contribution >= 0.6 is 0 Å². The van der Waals surface area contributed by atoms with Gasteiger partial charge in [-0.2, -0.15) is 5.26 Å². The second kappa shape index (κ2) is 4.91. The molecule has 0 saturated carbocycles. The lowest BCUT2D eigenvalue weighted by Gasteiger charge is -2.23. The molecule has 2 N–H and O–H groups in total. The van der Waals surface area contributed by atoms with Crippen LogP contribution in [0.1, 0.15) is 5.56 Å². The lowest BCUT2D eigenvalue weighted by Crippen LogP contribution is -2.35. The van der Waals surface area contributed by atoms with Crippen molar-refractivity contribution in [3.05, 3.63) is 48.0 Å². The van der Waals surface area contributed by atoms with Crippen LogP contribution in [0.5, 0.6) is 17.2 Å². The number of fused-ring (bicyclic) bond motifs is 1. The van der Waals surface area contributed by atoms with Gasteiger partial charge in [0.05, 0.1) is 13.2 Å². The van der Waals surface area contributed by atoms with Crippen molar-refractivity contribution in [1.29, 1.82) is 5.26 Å². The van der Waals surface area contributed by atoms with Crippen molar-refractivity contribution < 1.29 is 14.6 Å². The Labute approximate surface area is 122 Å². The number of anilines is 1. The molecule has 1 heterocycles. The third kappa shape index (κ3) is 2.21. The maximum atomic E-state index is 9.63. The summed E-state index contributed by atoms with van der Waals surface area (Å²) >= 11 is 0. The summed E-state index contributed by atoms with van der Waals surface area (Å²) in [4.78, 5) is 0. The van der Waals surface area contributed by atoms with Gasteiger partial charge < -0.3 is 19.9 Å². The summed E-state index contributed by atoms with van der Waals surface area (Å²) in [5, 5.41) is 22.3. The van der Waals surface area contributed by atoms with E-state index in [4.69, 9.17) is 9.47 Å². The molecule has 1 atom stereocenters. The number of phenolic OH excluding ortho intramolecular Hbond substituents is 1. The number of phenols is 1. The minimum Gasteiger partial charge on any atom is -0.508 e. The van der Waals surface area contributed by atoms with Crippen molar-refractivity contribution in [3.8, 4) is 23.3 Å². The quantitative estimate of drug-likeness (QED) is 0.905. The molecule has 106 valence electrons. The fourth-order valence-corrected chi connectivity index (χ4v) is 2.42. The van der Waals surface area contributed by atoms with E-state index in [9.17, 15) is 10.4 Å². The summed E-state index contributed by atoms with van der Waals surface area (Å²) in [7, 11) is 1.59. The minimum absolute atomic E-state index is 0.115.